The van der Waals surface area contributed by atoms with E-state index in [0.717, 1.165) is 17.2 Å². The van der Waals surface area contributed by atoms with Gasteiger partial charge >= 0.3 is 0 Å². The highest BCUT2D eigenvalue weighted by molar-refractivity contribution is 6.30. The fourth-order valence-electron chi connectivity index (χ4n) is 2.75. The van der Waals surface area contributed by atoms with Gasteiger partial charge < -0.3 is 4.57 Å². The Hall–Kier alpha value is -0.760. The van der Waals surface area contributed by atoms with E-state index in [2.05, 4.69) is 18.4 Å². The van der Waals surface area contributed by atoms with E-state index in [1.807, 2.05) is 13.0 Å². The number of rotatable bonds is 5. The molecule has 1 aliphatic rings. The molecule has 1 aromatic rings. The van der Waals surface area contributed by atoms with Crippen molar-refractivity contribution in [3.8, 4) is 0 Å². The molecule has 1 fully saturated rings. The fourth-order valence-corrected chi connectivity index (χ4v) is 2.89. The second kappa shape index (κ2) is 4.85. The van der Waals surface area contributed by atoms with Crippen LogP contribution in [0.5, 0.6) is 0 Å². The van der Waals surface area contributed by atoms with Crippen LogP contribution in [-0.4, -0.2) is 16.2 Å². The Bertz CT molecular complexity index is 432. The zero-order chi connectivity index (χ0) is 12.6. The molecule has 0 aliphatic heterocycles. The minimum Gasteiger partial charge on any atom is -0.346 e. The molecule has 2 rings (SSSR count). The highest BCUT2D eigenvalue weighted by atomic mass is 35.5. The summed E-state index contributed by atoms with van der Waals surface area (Å²) >= 11 is 5.64. The molecule has 0 aromatic carbocycles. The van der Waals surface area contributed by atoms with Crippen LogP contribution in [0, 0.1) is 19.8 Å². The van der Waals surface area contributed by atoms with E-state index in [-0.39, 0.29) is 11.7 Å². The first-order valence-electron chi connectivity index (χ1n) is 6.32. The first kappa shape index (κ1) is 12.7. The molecule has 1 aliphatic carbocycles. The van der Waals surface area contributed by atoms with E-state index in [9.17, 15) is 4.79 Å². The number of carbonyl (C=O) groups is 1. The summed E-state index contributed by atoms with van der Waals surface area (Å²) in [5.41, 5.74) is 3.03. The standard InChI is InChI=1S/C14H20ClNO/c1-9(6-12-4-5-12)16-10(2)7-13(11(16)3)14(17)8-15/h7,9,12H,4-6,8H2,1-3H3. The number of aromatic nitrogens is 1. The van der Waals surface area contributed by atoms with Gasteiger partial charge in [0.25, 0.3) is 0 Å². The molecule has 0 bridgehead atoms. The van der Waals surface area contributed by atoms with E-state index in [1.54, 1.807) is 0 Å². The molecule has 3 heteroatoms. The molecule has 0 radical (unpaired) electrons. The summed E-state index contributed by atoms with van der Waals surface area (Å²) in [6, 6.07) is 2.46. The zero-order valence-electron chi connectivity index (χ0n) is 10.8. The van der Waals surface area contributed by atoms with E-state index < -0.39 is 0 Å². The monoisotopic (exact) mass is 253 g/mol. The predicted molar refractivity (Wildman–Crippen MR) is 71.0 cm³/mol. The van der Waals surface area contributed by atoms with Crippen LogP contribution in [0.15, 0.2) is 6.07 Å². The van der Waals surface area contributed by atoms with Gasteiger partial charge in [-0.25, -0.2) is 0 Å². The van der Waals surface area contributed by atoms with Crippen molar-refractivity contribution in [3.05, 3.63) is 23.0 Å². The van der Waals surface area contributed by atoms with Crippen LogP contribution in [0.25, 0.3) is 0 Å². The molecule has 1 unspecified atom stereocenters. The van der Waals surface area contributed by atoms with Crippen LogP contribution in [0.2, 0.25) is 0 Å². The summed E-state index contributed by atoms with van der Waals surface area (Å²) in [4.78, 5) is 11.7. The average Bonchev–Trinajstić information content (AvgIpc) is 3.03. The highest BCUT2D eigenvalue weighted by Gasteiger charge is 2.26. The van der Waals surface area contributed by atoms with Crippen molar-refractivity contribution in [2.75, 3.05) is 5.88 Å². The maximum Gasteiger partial charge on any atom is 0.179 e. The predicted octanol–water partition coefficient (Wildman–Crippen LogP) is 3.89. The number of carbonyl (C=O) groups excluding carboxylic acids is 1. The maximum absolute atomic E-state index is 11.7. The van der Waals surface area contributed by atoms with Gasteiger partial charge in [-0.2, -0.15) is 0 Å². The van der Waals surface area contributed by atoms with Crippen LogP contribution < -0.4 is 0 Å². The minimum atomic E-state index is 0.0321. The topological polar surface area (TPSA) is 22.0 Å². The number of ketones is 1. The lowest BCUT2D eigenvalue weighted by Crippen LogP contribution is -2.11. The number of alkyl halides is 1. The van der Waals surface area contributed by atoms with Gasteiger partial charge in [0.05, 0.1) is 5.88 Å². The zero-order valence-corrected chi connectivity index (χ0v) is 11.5. The summed E-state index contributed by atoms with van der Waals surface area (Å²) in [6.07, 6.45) is 3.97. The Kier molecular flexibility index (Phi) is 3.62. The molecule has 0 N–H and O–H groups in total. The fraction of sp³-hybridized carbons (Fsp3) is 0.643. The molecule has 1 saturated carbocycles. The highest BCUT2D eigenvalue weighted by Crippen LogP contribution is 2.37. The van der Waals surface area contributed by atoms with Gasteiger partial charge in [-0.1, -0.05) is 12.8 Å². The van der Waals surface area contributed by atoms with Crippen LogP contribution in [0.4, 0.5) is 0 Å². The van der Waals surface area contributed by atoms with Crippen LogP contribution in [-0.2, 0) is 0 Å². The van der Waals surface area contributed by atoms with E-state index in [1.165, 1.54) is 25.0 Å². The number of Topliss-reactive ketones (excluding diaryl/α,β-unsaturated/α-hetero) is 1. The number of aryl methyl sites for hydroxylation is 1. The Labute approximate surface area is 108 Å². The molecule has 17 heavy (non-hydrogen) atoms. The van der Waals surface area contributed by atoms with Gasteiger partial charge in [-0.05, 0) is 39.2 Å². The summed E-state index contributed by atoms with van der Waals surface area (Å²) < 4.78 is 2.29. The van der Waals surface area contributed by atoms with Gasteiger partial charge in [-0.15, -0.1) is 11.6 Å². The normalized spacial score (nSPS) is 17.2. The summed E-state index contributed by atoms with van der Waals surface area (Å²) in [7, 11) is 0. The molecule has 2 nitrogen and oxygen atoms in total. The largest absolute Gasteiger partial charge is 0.346 e. The van der Waals surface area contributed by atoms with Crippen molar-refractivity contribution in [1.82, 2.24) is 4.57 Å². The Morgan fingerprint density at radius 1 is 1.53 bits per heavy atom. The second-order valence-electron chi connectivity index (χ2n) is 5.24. The maximum atomic E-state index is 11.7. The molecule has 94 valence electrons. The SMILES string of the molecule is Cc1cc(C(=O)CCl)c(C)n1C(C)CC1CC1. The van der Waals surface area contributed by atoms with Crippen LogP contribution in [0.3, 0.4) is 0 Å². The van der Waals surface area contributed by atoms with E-state index >= 15 is 0 Å². The molecule has 0 saturated heterocycles. The van der Waals surface area contributed by atoms with Crippen LogP contribution in [0.1, 0.15) is 54.0 Å². The van der Waals surface area contributed by atoms with Gasteiger partial charge in [0.2, 0.25) is 0 Å². The van der Waals surface area contributed by atoms with Crippen molar-refractivity contribution in [3.63, 3.8) is 0 Å². The van der Waals surface area contributed by atoms with Crippen molar-refractivity contribution in [2.45, 2.75) is 46.1 Å². The molecular weight excluding hydrogens is 234 g/mol. The Balaban J connectivity index is 2.26. The molecule has 0 amide bonds. The van der Waals surface area contributed by atoms with Crippen molar-refractivity contribution in [1.29, 1.82) is 0 Å². The van der Waals surface area contributed by atoms with Gasteiger partial charge in [0.15, 0.2) is 5.78 Å². The molecule has 1 atom stereocenters. The first-order valence-corrected chi connectivity index (χ1v) is 6.85. The quantitative estimate of drug-likeness (QED) is 0.576. The Morgan fingerprint density at radius 2 is 2.18 bits per heavy atom. The van der Waals surface area contributed by atoms with E-state index in [0.29, 0.717) is 6.04 Å². The van der Waals surface area contributed by atoms with Gasteiger partial charge in [0.1, 0.15) is 0 Å². The molecular formula is C14H20ClNO. The first-order chi connectivity index (χ1) is 8.04. The molecule has 1 aromatic heterocycles. The smallest absolute Gasteiger partial charge is 0.179 e. The number of nitrogens with zero attached hydrogens (tertiary/aromatic N) is 1. The third-order valence-corrected chi connectivity index (χ3v) is 3.96. The average molecular weight is 254 g/mol. The lowest BCUT2D eigenvalue weighted by Gasteiger charge is -2.18. The van der Waals surface area contributed by atoms with Crippen molar-refractivity contribution in [2.24, 2.45) is 5.92 Å². The third kappa shape index (κ3) is 2.57. The van der Waals surface area contributed by atoms with Crippen molar-refractivity contribution < 1.29 is 4.79 Å². The molecule has 0 spiro atoms. The lowest BCUT2D eigenvalue weighted by atomic mass is 10.1. The van der Waals surface area contributed by atoms with Crippen molar-refractivity contribution >= 4 is 17.4 Å². The number of hydrogen-bond acceptors (Lipinski definition) is 1. The summed E-state index contributed by atoms with van der Waals surface area (Å²) in [5.74, 6) is 1.00. The summed E-state index contributed by atoms with van der Waals surface area (Å²) in [6.45, 7) is 6.34. The lowest BCUT2D eigenvalue weighted by molar-refractivity contribution is 0.102. The Morgan fingerprint density at radius 3 is 2.71 bits per heavy atom. The van der Waals surface area contributed by atoms with E-state index in [4.69, 9.17) is 11.6 Å². The van der Waals surface area contributed by atoms with Crippen LogP contribution >= 0.6 is 11.6 Å². The minimum absolute atomic E-state index is 0.0321. The third-order valence-electron chi connectivity index (χ3n) is 3.72. The second-order valence-corrected chi connectivity index (χ2v) is 5.51. The van der Waals surface area contributed by atoms with Gasteiger partial charge in [0, 0.05) is 23.0 Å². The number of hydrogen-bond donors (Lipinski definition) is 0. The van der Waals surface area contributed by atoms with Gasteiger partial charge in [-0.3, -0.25) is 4.79 Å². The summed E-state index contributed by atoms with van der Waals surface area (Å²) in [5, 5.41) is 0. The molecule has 1 heterocycles. The number of halogens is 1.